The molecule has 0 radical (unpaired) electrons. The van der Waals surface area contributed by atoms with Crippen LogP contribution in [-0.4, -0.2) is 15.7 Å². The van der Waals surface area contributed by atoms with Crippen LogP contribution in [-0.2, 0) is 0 Å². The fourth-order valence-electron chi connectivity index (χ4n) is 6.64. The van der Waals surface area contributed by atoms with Crippen molar-refractivity contribution in [3.05, 3.63) is 198 Å². The predicted octanol–water partition coefficient (Wildman–Crippen LogP) is 11.4. The Labute approximate surface area is 299 Å². The van der Waals surface area contributed by atoms with Gasteiger partial charge in [-0.05, 0) is 52.4 Å². The second-order valence-corrected chi connectivity index (χ2v) is 12.6. The molecule has 1 aliphatic rings. The van der Waals surface area contributed by atoms with Crippen LogP contribution < -0.4 is 5.32 Å². The maximum atomic E-state index is 9.27. The second kappa shape index (κ2) is 14.1. The van der Waals surface area contributed by atoms with E-state index in [4.69, 9.17) is 9.97 Å². The highest BCUT2D eigenvalue weighted by atomic mass is 14.9. The van der Waals surface area contributed by atoms with Crippen LogP contribution in [0.3, 0.4) is 0 Å². The van der Waals surface area contributed by atoms with E-state index in [-0.39, 0.29) is 0 Å². The van der Waals surface area contributed by atoms with Crippen LogP contribution in [0.1, 0.15) is 35.6 Å². The van der Waals surface area contributed by atoms with Crippen molar-refractivity contribution >= 4 is 23.2 Å². The molecule has 7 aromatic rings. The molecule has 0 bridgehead atoms. The summed E-state index contributed by atoms with van der Waals surface area (Å²) in [5.74, 6) is 0.702. The summed E-state index contributed by atoms with van der Waals surface area (Å²) in [4.78, 5) is 9.97. The van der Waals surface area contributed by atoms with Gasteiger partial charge in [-0.3, -0.25) is 5.41 Å². The molecule has 0 unspecified atom stereocenters. The lowest BCUT2D eigenvalue weighted by atomic mass is 9.88. The molecule has 0 saturated carbocycles. The lowest BCUT2D eigenvalue weighted by Gasteiger charge is -2.26. The molecule has 0 fully saturated rings. The average molecular weight is 657 g/mol. The van der Waals surface area contributed by atoms with Crippen LogP contribution in [0.15, 0.2) is 175 Å². The Morgan fingerprint density at radius 2 is 1.04 bits per heavy atom. The highest BCUT2D eigenvalue weighted by Crippen LogP contribution is 2.37. The maximum absolute atomic E-state index is 9.27. The van der Waals surface area contributed by atoms with Gasteiger partial charge in [-0.25, -0.2) is 9.97 Å². The van der Waals surface area contributed by atoms with E-state index in [1.165, 1.54) is 0 Å². The van der Waals surface area contributed by atoms with E-state index in [2.05, 4.69) is 103 Å². The molecule has 1 aromatic heterocycles. The van der Waals surface area contributed by atoms with E-state index in [0.29, 0.717) is 18.0 Å². The summed E-state index contributed by atoms with van der Waals surface area (Å²) in [6.45, 7) is 2.13. The van der Waals surface area contributed by atoms with Gasteiger partial charge in [0.1, 0.15) is 0 Å². The Morgan fingerprint density at radius 3 is 1.65 bits per heavy atom. The van der Waals surface area contributed by atoms with Crippen molar-refractivity contribution in [2.24, 2.45) is 0 Å². The Bertz CT molecular complexity index is 2340. The lowest BCUT2D eigenvalue weighted by Crippen LogP contribution is -2.20. The molecule has 4 nitrogen and oxygen atoms in total. The van der Waals surface area contributed by atoms with Crippen molar-refractivity contribution in [3.63, 3.8) is 0 Å². The van der Waals surface area contributed by atoms with Gasteiger partial charge < -0.3 is 5.32 Å². The quantitative estimate of drug-likeness (QED) is 0.160. The fourth-order valence-corrected chi connectivity index (χ4v) is 6.64. The normalized spacial score (nSPS) is 13.1. The highest BCUT2D eigenvalue weighted by molar-refractivity contribution is 6.16. The first-order valence-electron chi connectivity index (χ1n) is 17.3. The molecule has 244 valence electrons. The highest BCUT2D eigenvalue weighted by Gasteiger charge is 2.22. The molecule has 51 heavy (non-hydrogen) atoms. The molecule has 0 amide bonds. The van der Waals surface area contributed by atoms with Gasteiger partial charge in [0.05, 0.1) is 22.8 Å². The van der Waals surface area contributed by atoms with Crippen LogP contribution in [0.5, 0.6) is 0 Å². The topological polar surface area (TPSA) is 61.7 Å². The van der Waals surface area contributed by atoms with Crippen molar-refractivity contribution in [3.8, 4) is 45.0 Å². The first kappa shape index (κ1) is 31.6. The lowest BCUT2D eigenvalue weighted by molar-refractivity contribution is 1.11. The molecular weight excluding hydrogens is 621 g/mol. The summed E-state index contributed by atoms with van der Waals surface area (Å²) < 4.78 is 0. The first-order chi connectivity index (χ1) is 25.1. The SMILES string of the molecule is CC/C(C(=N)c1ccccc1)=C1/NC(c2ccccc2)=Cc2ccc(-c3ccc(-c4cc(-c5ccccc5)nc(-c5ccccc5)n4)cc3)cc21. The van der Waals surface area contributed by atoms with Gasteiger partial charge in [-0.1, -0.05) is 165 Å². The fraction of sp³-hybridized carbons (Fsp3) is 0.0426. The minimum atomic E-state index is 0.533. The summed E-state index contributed by atoms with van der Waals surface area (Å²) in [7, 11) is 0. The van der Waals surface area contributed by atoms with Gasteiger partial charge in [0, 0.05) is 33.5 Å². The number of fused-ring (bicyclic) bond motifs is 1. The van der Waals surface area contributed by atoms with E-state index in [1.54, 1.807) is 0 Å². The number of hydrogen-bond donors (Lipinski definition) is 2. The number of aromatic nitrogens is 2. The average Bonchev–Trinajstić information content (AvgIpc) is 3.22. The monoisotopic (exact) mass is 656 g/mol. The Hall–Kier alpha value is -6.65. The van der Waals surface area contributed by atoms with Gasteiger partial charge in [-0.2, -0.15) is 0 Å². The van der Waals surface area contributed by atoms with Crippen molar-refractivity contribution in [1.29, 1.82) is 5.41 Å². The third-order valence-corrected chi connectivity index (χ3v) is 9.33. The van der Waals surface area contributed by atoms with Crippen LogP contribution in [0.4, 0.5) is 0 Å². The number of hydrogen-bond acceptors (Lipinski definition) is 4. The van der Waals surface area contributed by atoms with Crippen LogP contribution in [0, 0.1) is 5.41 Å². The summed E-state index contributed by atoms with van der Waals surface area (Å²) in [5, 5.41) is 13.0. The molecular formula is C47H36N4. The van der Waals surface area contributed by atoms with E-state index in [0.717, 1.165) is 78.4 Å². The first-order valence-corrected chi connectivity index (χ1v) is 17.3. The Morgan fingerprint density at radius 1 is 0.529 bits per heavy atom. The second-order valence-electron chi connectivity index (χ2n) is 12.6. The Kier molecular flexibility index (Phi) is 8.72. The van der Waals surface area contributed by atoms with E-state index >= 15 is 0 Å². The summed E-state index contributed by atoms with van der Waals surface area (Å²) >= 11 is 0. The largest absolute Gasteiger partial charge is 0.354 e. The van der Waals surface area contributed by atoms with E-state index < -0.39 is 0 Å². The molecule has 6 aromatic carbocycles. The molecule has 1 aliphatic heterocycles. The minimum Gasteiger partial charge on any atom is -0.354 e. The van der Waals surface area contributed by atoms with Gasteiger partial charge >= 0.3 is 0 Å². The van der Waals surface area contributed by atoms with E-state index in [9.17, 15) is 5.41 Å². The maximum Gasteiger partial charge on any atom is 0.160 e. The van der Waals surface area contributed by atoms with Gasteiger partial charge in [0.2, 0.25) is 0 Å². The van der Waals surface area contributed by atoms with Gasteiger partial charge in [-0.15, -0.1) is 0 Å². The van der Waals surface area contributed by atoms with Crippen molar-refractivity contribution in [1.82, 2.24) is 15.3 Å². The third-order valence-electron chi connectivity index (χ3n) is 9.33. The number of nitrogens with one attached hydrogen (secondary N) is 2. The van der Waals surface area contributed by atoms with Gasteiger partial charge in [0.25, 0.3) is 0 Å². The zero-order valence-corrected chi connectivity index (χ0v) is 28.3. The summed E-state index contributed by atoms with van der Waals surface area (Å²) in [6, 6.07) is 58.1. The molecule has 0 saturated heterocycles. The molecule has 0 spiro atoms. The summed E-state index contributed by atoms with van der Waals surface area (Å²) in [6.07, 6.45) is 2.93. The van der Waals surface area contributed by atoms with Crippen molar-refractivity contribution in [2.75, 3.05) is 0 Å². The number of nitrogens with zero attached hydrogens (tertiary/aromatic N) is 2. The molecule has 2 heterocycles. The molecule has 0 aliphatic carbocycles. The molecule has 0 atom stereocenters. The minimum absolute atomic E-state index is 0.533. The predicted molar refractivity (Wildman–Crippen MR) is 212 cm³/mol. The third kappa shape index (κ3) is 6.55. The standard InChI is InChI=1S/C47H36N4/c1-2-40(45(48)36-19-11-5-12-20-36)46-41-29-38(27-28-39(41)30-42(49-46)33-15-7-3-8-16-33)32-23-25-35(26-24-32)44-31-43(34-17-9-4-10-18-34)50-47(51-44)37-21-13-6-14-22-37/h3-31,48-49H,2H2,1H3/b46-40-,48-45?. The Balaban J connectivity index is 1.20. The summed E-state index contributed by atoms with van der Waals surface area (Å²) in [5.41, 5.74) is 14.8. The molecule has 2 N–H and O–H groups in total. The van der Waals surface area contributed by atoms with Crippen LogP contribution in [0.25, 0.3) is 62.5 Å². The van der Waals surface area contributed by atoms with Gasteiger partial charge in [0.15, 0.2) is 5.82 Å². The van der Waals surface area contributed by atoms with Crippen molar-refractivity contribution < 1.29 is 0 Å². The van der Waals surface area contributed by atoms with E-state index in [1.807, 2.05) is 84.9 Å². The van der Waals surface area contributed by atoms with Crippen LogP contribution in [0.2, 0.25) is 0 Å². The number of allylic oxidation sites excluding steroid dienone is 1. The molecule has 4 heteroatoms. The number of rotatable bonds is 8. The molecule has 8 rings (SSSR count). The van der Waals surface area contributed by atoms with Crippen LogP contribution >= 0.6 is 0 Å². The number of benzene rings is 6. The zero-order chi connectivity index (χ0) is 34.6. The van der Waals surface area contributed by atoms with Crippen molar-refractivity contribution in [2.45, 2.75) is 13.3 Å². The smallest absolute Gasteiger partial charge is 0.160 e. The zero-order valence-electron chi connectivity index (χ0n) is 28.3.